The van der Waals surface area contributed by atoms with Crippen LogP contribution in [0.4, 0.5) is 0 Å². The van der Waals surface area contributed by atoms with Gasteiger partial charge >= 0.3 is 0 Å². The van der Waals surface area contributed by atoms with Crippen molar-refractivity contribution < 1.29 is 17.9 Å². The van der Waals surface area contributed by atoms with Crippen LogP contribution in [0.2, 0.25) is 0 Å². The van der Waals surface area contributed by atoms with E-state index in [1.165, 1.54) is 9.21 Å². The highest BCUT2D eigenvalue weighted by Crippen LogP contribution is 2.37. The Bertz CT molecular complexity index is 626. The fourth-order valence-corrected chi connectivity index (χ4v) is 3.31. The van der Waals surface area contributed by atoms with Crippen molar-refractivity contribution in [2.24, 2.45) is 0 Å². The molecule has 0 radical (unpaired) electrons. The van der Waals surface area contributed by atoms with Crippen LogP contribution in [-0.4, -0.2) is 6.29 Å². The fraction of sp³-hybridized carbons (Fsp3) is 0.0714. The first-order valence-electron chi connectivity index (χ1n) is 5.99. The Hall–Kier alpha value is -0.330. The molecule has 4 nitrogen and oxygen atoms in total. The molecule has 2 aromatic carbocycles. The van der Waals surface area contributed by atoms with Gasteiger partial charge in [-0.25, -0.2) is 0 Å². The van der Waals surface area contributed by atoms with Crippen LogP contribution in [0.15, 0.2) is 42.5 Å². The van der Waals surface area contributed by atoms with Gasteiger partial charge in [0.25, 0.3) is 0 Å². The lowest BCUT2D eigenvalue weighted by atomic mass is 10.2. The van der Waals surface area contributed by atoms with E-state index < -0.39 is 0 Å². The van der Waals surface area contributed by atoms with E-state index >= 15 is 0 Å². The van der Waals surface area contributed by atoms with Gasteiger partial charge in [0, 0.05) is 54.5 Å². The lowest BCUT2D eigenvalue weighted by molar-refractivity contribution is 0.111. The molecule has 0 atom stereocenters. The summed E-state index contributed by atoms with van der Waals surface area (Å²) in [5.41, 5.74) is 1.38. The van der Waals surface area contributed by atoms with Gasteiger partial charge in [-0.05, 0) is 5.56 Å². The minimum Gasteiger partial charge on any atom is -0.488 e. The summed E-state index contributed by atoms with van der Waals surface area (Å²) in [5, 5.41) is 0. The molecule has 0 spiro atoms. The Kier molecular flexibility index (Phi) is 7.97. The highest BCUT2D eigenvalue weighted by atomic mass is 127. The van der Waals surface area contributed by atoms with E-state index in [2.05, 4.69) is 0 Å². The summed E-state index contributed by atoms with van der Waals surface area (Å²) in [6, 6.07) is 13.1. The third kappa shape index (κ3) is 5.10. The smallest absolute Gasteiger partial charge is 0.157 e. The van der Waals surface area contributed by atoms with Gasteiger partial charge in [-0.1, -0.05) is 30.3 Å². The Morgan fingerprint density at radius 2 is 1.68 bits per heavy atom. The number of halogens is 2. The van der Waals surface area contributed by atoms with E-state index in [-0.39, 0.29) is 0 Å². The van der Waals surface area contributed by atoms with Gasteiger partial charge in [0.05, 0.1) is 0 Å². The SMILES string of the molecule is O=Cc1c(OCc2ccccc2)cc(OSI)cc1OSI. The summed E-state index contributed by atoms with van der Waals surface area (Å²) in [7, 11) is 2.31. The van der Waals surface area contributed by atoms with Crippen LogP contribution in [0.5, 0.6) is 17.2 Å². The number of carbonyl (C=O) groups excluding carboxylic acids is 1. The first-order chi connectivity index (χ1) is 10.8. The Balaban J connectivity index is 2.28. The number of rotatable bonds is 8. The van der Waals surface area contributed by atoms with Crippen LogP contribution >= 0.6 is 60.8 Å². The summed E-state index contributed by atoms with van der Waals surface area (Å²) in [4.78, 5) is 11.4. The molecule has 0 aliphatic rings. The molecule has 0 saturated carbocycles. The molecule has 0 N–H and O–H groups in total. The predicted octanol–water partition coefficient (Wildman–Crippen LogP) is 5.83. The molecule has 22 heavy (non-hydrogen) atoms. The quantitative estimate of drug-likeness (QED) is 0.230. The van der Waals surface area contributed by atoms with Crippen molar-refractivity contribution in [3.05, 3.63) is 53.6 Å². The molecule has 0 unspecified atom stereocenters. The molecule has 2 aromatic rings. The summed E-state index contributed by atoms with van der Waals surface area (Å²) in [5.74, 6) is 1.41. The van der Waals surface area contributed by atoms with E-state index in [9.17, 15) is 4.79 Å². The third-order valence-electron chi connectivity index (χ3n) is 2.68. The van der Waals surface area contributed by atoms with E-state index in [1.807, 2.05) is 72.7 Å². The molecule has 0 aliphatic heterocycles. The molecule has 0 amide bonds. The standard InChI is InChI=1S/C14H10I2O4S2/c15-21-19-11-6-13(12(8-17)14(7-11)20-22-16)18-9-10-4-2-1-3-5-10/h1-8H,9H2. The second-order valence-electron chi connectivity index (χ2n) is 4.02. The van der Waals surface area contributed by atoms with E-state index in [1.54, 1.807) is 12.1 Å². The fourth-order valence-electron chi connectivity index (χ4n) is 1.74. The monoisotopic (exact) mass is 560 g/mol. The number of ether oxygens (including phenoxy) is 1. The molecule has 0 fully saturated rings. The Labute approximate surface area is 161 Å². The molecule has 2 rings (SSSR count). The average Bonchev–Trinajstić information content (AvgIpc) is 2.54. The second-order valence-corrected chi connectivity index (χ2v) is 6.76. The summed E-state index contributed by atoms with van der Waals surface area (Å²) >= 11 is 4.01. The molecule has 116 valence electrons. The van der Waals surface area contributed by atoms with Crippen molar-refractivity contribution in [3.8, 4) is 17.2 Å². The zero-order valence-electron chi connectivity index (χ0n) is 11.0. The largest absolute Gasteiger partial charge is 0.488 e. The first kappa shape index (κ1) is 18.0. The minimum atomic E-state index is 0.360. The van der Waals surface area contributed by atoms with Crippen molar-refractivity contribution in [1.29, 1.82) is 0 Å². The number of hydrogen-bond donors (Lipinski definition) is 0. The molecule has 0 bridgehead atoms. The number of hydrogen-bond acceptors (Lipinski definition) is 6. The maximum absolute atomic E-state index is 11.4. The summed E-state index contributed by atoms with van der Waals surface area (Å²) in [6.45, 7) is 0.360. The zero-order chi connectivity index (χ0) is 15.8. The van der Waals surface area contributed by atoms with Crippen molar-refractivity contribution in [1.82, 2.24) is 0 Å². The second kappa shape index (κ2) is 9.73. The predicted molar refractivity (Wildman–Crippen MR) is 107 cm³/mol. The van der Waals surface area contributed by atoms with Crippen molar-refractivity contribution >= 4 is 67.1 Å². The molecule has 0 heterocycles. The highest BCUT2D eigenvalue weighted by Gasteiger charge is 2.15. The highest BCUT2D eigenvalue weighted by molar-refractivity contribution is 14.2. The van der Waals surface area contributed by atoms with Crippen LogP contribution in [0, 0.1) is 0 Å². The molecular weight excluding hydrogens is 550 g/mol. The summed E-state index contributed by atoms with van der Waals surface area (Å²) < 4.78 is 16.6. The van der Waals surface area contributed by atoms with Gasteiger partial charge < -0.3 is 13.1 Å². The Morgan fingerprint density at radius 1 is 1.00 bits per heavy atom. The van der Waals surface area contributed by atoms with Crippen LogP contribution in [0.25, 0.3) is 0 Å². The van der Waals surface area contributed by atoms with Gasteiger partial charge in [-0.3, -0.25) is 4.79 Å². The zero-order valence-corrected chi connectivity index (χ0v) is 17.0. The normalized spacial score (nSPS) is 10.1. The lowest BCUT2D eigenvalue weighted by Crippen LogP contribution is -2.00. The van der Waals surface area contributed by atoms with Crippen molar-refractivity contribution in [2.45, 2.75) is 6.61 Å². The maximum Gasteiger partial charge on any atom is 0.157 e. The number of aldehydes is 1. The number of benzene rings is 2. The van der Waals surface area contributed by atoms with Crippen LogP contribution < -0.4 is 13.1 Å². The first-order valence-corrected chi connectivity index (χ1v) is 12.6. The molecule has 0 aliphatic carbocycles. The van der Waals surface area contributed by atoms with Crippen molar-refractivity contribution in [2.75, 3.05) is 0 Å². The lowest BCUT2D eigenvalue weighted by Gasteiger charge is -2.13. The molecule has 8 heteroatoms. The van der Waals surface area contributed by atoms with Gasteiger partial charge in [0.2, 0.25) is 0 Å². The van der Waals surface area contributed by atoms with Gasteiger partial charge in [0.15, 0.2) is 12.0 Å². The van der Waals surface area contributed by atoms with Crippen LogP contribution in [0.1, 0.15) is 15.9 Å². The topological polar surface area (TPSA) is 44.8 Å². The van der Waals surface area contributed by atoms with Gasteiger partial charge in [0.1, 0.15) is 42.1 Å². The average molecular weight is 560 g/mol. The van der Waals surface area contributed by atoms with Crippen LogP contribution in [0.3, 0.4) is 0 Å². The molecule has 0 saturated heterocycles. The van der Waals surface area contributed by atoms with Crippen molar-refractivity contribution in [3.63, 3.8) is 0 Å². The maximum atomic E-state index is 11.4. The molecular formula is C14H10I2O4S2. The minimum absolute atomic E-state index is 0.360. The molecule has 0 aromatic heterocycles. The van der Waals surface area contributed by atoms with Crippen LogP contribution in [-0.2, 0) is 6.61 Å². The van der Waals surface area contributed by atoms with E-state index in [0.717, 1.165) is 21.1 Å². The van der Waals surface area contributed by atoms with Gasteiger partial charge in [-0.2, -0.15) is 0 Å². The number of carbonyl (C=O) groups is 1. The van der Waals surface area contributed by atoms with E-state index in [4.69, 9.17) is 13.1 Å². The van der Waals surface area contributed by atoms with E-state index in [0.29, 0.717) is 29.4 Å². The van der Waals surface area contributed by atoms with Gasteiger partial charge in [-0.15, -0.1) is 0 Å². The Morgan fingerprint density at radius 3 is 2.32 bits per heavy atom. The third-order valence-corrected chi connectivity index (χ3v) is 4.26. The summed E-state index contributed by atoms with van der Waals surface area (Å²) in [6.07, 6.45) is 0.726.